The number of nitrogens with two attached hydrogens (primary N) is 1. The fourth-order valence-electron chi connectivity index (χ4n) is 4.88. The summed E-state index contributed by atoms with van der Waals surface area (Å²) in [6, 6.07) is -3.49. The van der Waals surface area contributed by atoms with Crippen LogP contribution in [0.1, 0.15) is 72.6 Å². The molecule has 0 aromatic carbocycles. The summed E-state index contributed by atoms with van der Waals surface area (Å²) in [5.41, 5.74) is 5.20. The average molecular weight is 552 g/mol. The number of carbonyl (C=O) groups is 7. The van der Waals surface area contributed by atoms with Crippen LogP contribution < -0.4 is 16.4 Å². The maximum Gasteiger partial charge on any atom is 0.329 e. The molecule has 0 unspecified atom stereocenters. The van der Waals surface area contributed by atoms with Crippen LogP contribution in [0.5, 0.6) is 0 Å². The summed E-state index contributed by atoms with van der Waals surface area (Å²) in [5.74, 6) is -3.43. The van der Waals surface area contributed by atoms with Gasteiger partial charge in [-0.05, 0) is 51.9 Å². The smallest absolute Gasteiger partial charge is 0.329 e. The van der Waals surface area contributed by atoms with E-state index in [1.165, 1.54) is 23.6 Å². The van der Waals surface area contributed by atoms with Gasteiger partial charge in [0.2, 0.25) is 23.6 Å². The molecule has 2 heterocycles. The molecule has 13 nitrogen and oxygen atoms in total. The Morgan fingerprint density at radius 2 is 1.82 bits per heavy atom. The first-order valence-corrected chi connectivity index (χ1v) is 13.4. The highest BCUT2D eigenvalue weighted by Gasteiger charge is 2.41. The van der Waals surface area contributed by atoms with Gasteiger partial charge in [-0.3, -0.25) is 28.8 Å². The minimum absolute atomic E-state index is 0.140. The zero-order valence-electron chi connectivity index (χ0n) is 23.4. The Kier molecular flexibility index (Phi) is 11.4. The van der Waals surface area contributed by atoms with Gasteiger partial charge in [-0.2, -0.15) is 0 Å². The third-order valence-electron chi connectivity index (χ3n) is 7.03. The SMILES string of the molecule is CC(=O)[C@@H](CC(C)C)N(C)C(=O)[C@@H]1CCCN1C(=O)[C@H](C)OC(=O)[C@H](CCC(N)=O)NC(=O)[C@@H]1CCC(=O)N1. The minimum Gasteiger partial charge on any atom is -0.451 e. The lowest BCUT2D eigenvalue weighted by molar-refractivity contribution is -0.163. The van der Waals surface area contributed by atoms with Gasteiger partial charge in [0.15, 0.2) is 11.9 Å². The quantitative estimate of drug-likeness (QED) is 0.253. The van der Waals surface area contributed by atoms with Crippen molar-refractivity contribution in [3.63, 3.8) is 0 Å². The van der Waals surface area contributed by atoms with E-state index in [9.17, 15) is 33.6 Å². The number of amides is 5. The summed E-state index contributed by atoms with van der Waals surface area (Å²) in [5, 5.41) is 4.97. The molecule has 0 aromatic heterocycles. The fourth-order valence-corrected chi connectivity index (χ4v) is 4.88. The van der Waals surface area contributed by atoms with Gasteiger partial charge in [-0.15, -0.1) is 0 Å². The lowest BCUT2D eigenvalue weighted by Gasteiger charge is -2.33. The second-order valence-corrected chi connectivity index (χ2v) is 10.7. The predicted molar refractivity (Wildman–Crippen MR) is 139 cm³/mol. The molecule has 218 valence electrons. The Bertz CT molecular complexity index is 983. The van der Waals surface area contributed by atoms with Crippen LogP contribution in [-0.2, 0) is 38.3 Å². The second kappa shape index (κ2) is 14.0. The number of hydrogen-bond acceptors (Lipinski definition) is 8. The van der Waals surface area contributed by atoms with Crippen molar-refractivity contribution >= 4 is 41.3 Å². The Morgan fingerprint density at radius 3 is 2.36 bits per heavy atom. The van der Waals surface area contributed by atoms with E-state index in [0.29, 0.717) is 19.3 Å². The summed E-state index contributed by atoms with van der Waals surface area (Å²) in [6.07, 6.45) is 0.251. The normalized spacial score (nSPS) is 21.1. The molecule has 2 aliphatic rings. The molecule has 2 rings (SSSR count). The number of carbonyl (C=O) groups excluding carboxylic acids is 7. The number of hydrogen-bond donors (Lipinski definition) is 3. The number of likely N-dealkylation sites (tertiary alicyclic amines) is 1. The van der Waals surface area contributed by atoms with Crippen molar-refractivity contribution in [2.45, 2.75) is 103 Å². The van der Waals surface area contributed by atoms with Gasteiger partial charge in [0, 0.05) is 26.4 Å². The first-order chi connectivity index (χ1) is 18.2. The van der Waals surface area contributed by atoms with Crippen LogP contribution >= 0.6 is 0 Å². The Morgan fingerprint density at radius 1 is 1.15 bits per heavy atom. The molecule has 0 radical (unpaired) electrons. The molecule has 39 heavy (non-hydrogen) atoms. The number of ether oxygens (including phenoxy) is 1. The van der Waals surface area contributed by atoms with E-state index in [1.54, 1.807) is 7.05 Å². The molecule has 5 atom stereocenters. The Labute approximate surface area is 228 Å². The van der Waals surface area contributed by atoms with Gasteiger partial charge in [-0.25, -0.2) is 4.79 Å². The number of likely N-dealkylation sites (N-methyl/N-ethyl adjacent to an activating group) is 1. The number of Topliss-reactive ketones (excluding diaryl/α,β-unsaturated/α-hetero) is 1. The third-order valence-corrected chi connectivity index (χ3v) is 7.03. The third kappa shape index (κ3) is 8.75. The largest absolute Gasteiger partial charge is 0.451 e. The van der Waals surface area contributed by atoms with Crippen LogP contribution in [0.2, 0.25) is 0 Å². The van der Waals surface area contributed by atoms with E-state index >= 15 is 0 Å². The number of primary amides is 1. The minimum atomic E-state index is -1.28. The van der Waals surface area contributed by atoms with Crippen LogP contribution in [0.15, 0.2) is 0 Å². The highest BCUT2D eigenvalue weighted by Crippen LogP contribution is 2.23. The van der Waals surface area contributed by atoms with E-state index in [2.05, 4.69) is 10.6 Å². The van der Waals surface area contributed by atoms with Crippen molar-refractivity contribution in [3.8, 4) is 0 Å². The molecule has 4 N–H and O–H groups in total. The lowest BCUT2D eigenvalue weighted by atomic mass is 9.99. The fraction of sp³-hybridized carbons (Fsp3) is 0.731. The number of rotatable bonds is 13. The van der Waals surface area contributed by atoms with Crippen LogP contribution in [0.4, 0.5) is 0 Å². The summed E-state index contributed by atoms with van der Waals surface area (Å²) >= 11 is 0. The molecule has 0 aromatic rings. The van der Waals surface area contributed by atoms with Crippen LogP contribution in [0, 0.1) is 5.92 Å². The molecule has 0 saturated carbocycles. The maximum atomic E-state index is 13.3. The number of nitrogens with zero attached hydrogens (tertiary/aromatic N) is 2. The first kappa shape index (κ1) is 31.7. The number of nitrogens with one attached hydrogen (secondary N) is 2. The molecule has 2 aliphatic heterocycles. The van der Waals surface area contributed by atoms with Crippen molar-refractivity contribution in [2.75, 3.05) is 13.6 Å². The molecule has 2 saturated heterocycles. The number of esters is 1. The monoisotopic (exact) mass is 551 g/mol. The molecule has 0 bridgehead atoms. The Balaban J connectivity index is 2.08. The summed E-state index contributed by atoms with van der Waals surface area (Å²) in [4.78, 5) is 89.7. The maximum absolute atomic E-state index is 13.3. The lowest BCUT2D eigenvalue weighted by Crippen LogP contribution is -2.54. The molecule has 0 spiro atoms. The standard InChI is InChI=1S/C26H41N5O8/c1-14(2)13-20(15(3)32)30(5)25(37)19-7-6-12-31(19)24(36)16(4)39-26(38)18(8-10-21(27)33)29-23(35)17-9-11-22(34)28-17/h14,16-20H,6-13H2,1-5H3,(H2,27,33)(H,28,34)(H,29,35)/t16-,17-,18-,19-,20+/m0/s1. The highest BCUT2D eigenvalue weighted by atomic mass is 16.5. The van der Waals surface area contributed by atoms with Crippen molar-refractivity contribution < 1.29 is 38.3 Å². The molecular weight excluding hydrogens is 510 g/mol. The number of ketones is 1. The van der Waals surface area contributed by atoms with Gasteiger partial charge < -0.3 is 30.9 Å². The second-order valence-electron chi connectivity index (χ2n) is 10.7. The topological polar surface area (TPSA) is 185 Å². The molecule has 0 aliphatic carbocycles. The van der Waals surface area contributed by atoms with E-state index in [-0.39, 0.29) is 55.7 Å². The molecular formula is C26H41N5O8. The van der Waals surface area contributed by atoms with E-state index < -0.39 is 54.0 Å². The predicted octanol–water partition coefficient (Wildman–Crippen LogP) is -0.600. The zero-order chi connectivity index (χ0) is 29.4. The van der Waals surface area contributed by atoms with Crippen molar-refractivity contribution in [1.82, 2.24) is 20.4 Å². The van der Waals surface area contributed by atoms with E-state index in [0.717, 1.165) is 0 Å². The van der Waals surface area contributed by atoms with Crippen LogP contribution in [-0.4, -0.2) is 95.0 Å². The van der Waals surface area contributed by atoms with Crippen molar-refractivity contribution in [2.24, 2.45) is 11.7 Å². The molecule has 5 amide bonds. The van der Waals surface area contributed by atoms with Gasteiger partial charge in [0.25, 0.3) is 5.91 Å². The van der Waals surface area contributed by atoms with Gasteiger partial charge >= 0.3 is 5.97 Å². The van der Waals surface area contributed by atoms with Gasteiger partial charge in [0.05, 0.1) is 6.04 Å². The summed E-state index contributed by atoms with van der Waals surface area (Å²) < 4.78 is 5.37. The average Bonchev–Trinajstić information content (AvgIpc) is 3.52. The van der Waals surface area contributed by atoms with E-state index in [4.69, 9.17) is 10.5 Å². The van der Waals surface area contributed by atoms with Crippen molar-refractivity contribution in [3.05, 3.63) is 0 Å². The van der Waals surface area contributed by atoms with Crippen LogP contribution in [0.25, 0.3) is 0 Å². The van der Waals surface area contributed by atoms with E-state index in [1.807, 2.05) is 13.8 Å². The summed E-state index contributed by atoms with van der Waals surface area (Å²) in [6.45, 7) is 7.00. The van der Waals surface area contributed by atoms with Crippen LogP contribution in [0.3, 0.4) is 0 Å². The Hall–Kier alpha value is -3.51. The first-order valence-electron chi connectivity index (χ1n) is 13.4. The van der Waals surface area contributed by atoms with Gasteiger partial charge in [-0.1, -0.05) is 13.8 Å². The summed E-state index contributed by atoms with van der Waals surface area (Å²) in [7, 11) is 1.56. The van der Waals surface area contributed by atoms with Crippen molar-refractivity contribution in [1.29, 1.82) is 0 Å². The zero-order valence-corrected chi connectivity index (χ0v) is 23.4. The highest BCUT2D eigenvalue weighted by molar-refractivity contribution is 5.95. The van der Waals surface area contributed by atoms with Gasteiger partial charge in [0.1, 0.15) is 18.1 Å². The molecule has 2 fully saturated rings. The molecule has 13 heteroatoms.